The zero-order valence-corrected chi connectivity index (χ0v) is 17.1. The molecule has 0 radical (unpaired) electrons. The molecule has 26 heavy (non-hydrogen) atoms. The van der Waals surface area contributed by atoms with Crippen LogP contribution in [0.3, 0.4) is 0 Å². The molecule has 1 unspecified atom stereocenters. The quantitative estimate of drug-likeness (QED) is 0.408. The first kappa shape index (κ1) is 18.5. The lowest BCUT2D eigenvalue weighted by molar-refractivity contribution is -0.107. The van der Waals surface area contributed by atoms with Gasteiger partial charge in [-0.15, -0.1) is 6.58 Å². The standard InChI is InChI=1S/C25H39N/c1-4-7-18(17-26)16-20-10-12-22-21-11-9-19-8-5-6-14-24(19,2)23(21)13-15-25(20,22)3/h4,16-17,19-23,26H,1,5-15H2,2-3H3/t19-,20?,21-,22+,23-,24-,25+/m0/s1. The van der Waals surface area contributed by atoms with Gasteiger partial charge in [-0.2, -0.15) is 0 Å². The fraction of sp³-hybridized carbons (Fsp3) is 0.800. The summed E-state index contributed by atoms with van der Waals surface area (Å²) in [6.07, 6.45) is 21.5. The molecule has 4 aliphatic rings. The van der Waals surface area contributed by atoms with Gasteiger partial charge >= 0.3 is 0 Å². The van der Waals surface area contributed by atoms with E-state index >= 15 is 0 Å². The van der Waals surface area contributed by atoms with Crippen LogP contribution in [-0.4, -0.2) is 6.21 Å². The maximum absolute atomic E-state index is 7.76. The van der Waals surface area contributed by atoms with Crippen molar-refractivity contribution in [3.05, 3.63) is 24.3 Å². The van der Waals surface area contributed by atoms with Gasteiger partial charge in [-0.05, 0) is 104 Å². The summed E-state index contributed by atoms with van der Waals surface area (Å²) in [5.74, 6) is 4.61. The van der Waals surface area contributed by atoms with Crippen molar-refractivity contribution in [2.75, 3.05) is 0 Å². The van der Waals surface area contributed by atoms with Gasteiger partial charge in [-0.1, -0.05) is 38.8 Å². The third-order valence-corrected chi connectivity index (χ3v) is 9.64. The molecule has 0 heterocycles. The topological polar surface area (TPSA) is 23.9 Å². The zero-order chi connectivity index (χ0) is 18.4. The highest BCUT2D eigenvalue weighted by molar-refractivity contribution is 5.76. The van der Waals surface area contributed by atoms with Gasteiger partial charge < -0.3 is 5.41 Å². The van der Waals surface area contributed by atoms with Crippen LogP contribution in [-0.2, 0) is 0 Å². The van der Waals surface area contributed by atoms with Crippen molar-refractivity contribution in [3.8, 4) is 0 Å². The van der Waals surface area contributed by atoms with Gasteiger partial charge in [0.1, 0.15) is 0 Å². The van der Waals surface area contributed by atoms with Gasteiger partial charge in [-0.3, -0.25) is 0 Å². The van der Waals surface area contributed by atoms with E-state index in [1.165, 1.54) is 69.8 Å². The third kappa shape index (κ3) is 2.76. The summed E-state index contributed by atoms with van der Waals surface area (Å²) in [5.41, 5.74) is 2.31. The number of hydrogen-bond acceptors (Lipinski definition) is 1. The van der Waals surface area contributed by atoms with Crippen molar-refractivity contribution in [2.45, 2.75) is 84.5 Å². The zero-order valence-electron chi connectivity index (χ0n) is 17.1. The van der Waals surface area contributed by atoms with Crippen molar-refractivity contribution in [1.82, 2.24) is 0 Å². The molecule has 0 aromatic carbocycles. The van der Waals surface area contributed by atoms with E-state index in [1.54, 1.807) is 6.21 Å². The molecule has 0 saturated heterocycles. The summed E-state index contributed by atoms with van der Waals surface area (Å²) in [7, 11) is 0. The lowest BCUT2D eigenvalue weighted by Gasteiger charge is -2.60. The molecule has 1 nitrogen and oxygen atoms in total. The highest BCUT2D eigenvalue weighted by atomic mass is 14.6. The van der Waals surface area contributed by atoms with E-state index in [2.05, 4.69) is 26.5 Å². The predicted molar refractivity (Wildman–Crippen MR) is 112 cm³/mol. The van der Waals surface area contributed by atoms with Crippen LogP contribution in [0.5, 0.6) is 0 Å². The Morgan fingerprint density at radius 3 is 2.54 bits per heavy atom. The van der Waals surface area contributed by atoms with Gasteiger partial charge in [0.2, 0.25) is 0 Å². The molecule has 0 bridgehead atoms. The summed E-state index contributed by atoms with van der Waals surface area (Å²) in [6.45, 7) is 9.16. The Morgan fingerprint density at radius 2 is 1.77 bits per heavy atom. The Hall–Kier alpha value is -0.850. The molecular formula is C25H39N. The molecule has 4 rings (SSSR count). The van der Waals surface area contributed by atoms with Crippen LogP contribution in [0.2, 0.25) is 0 Å². The van der Waals surface area contributed by atoms with E-state index in [4.69, 9.17) is 5.41 Å². The van der Waals surface area contributed by atoms with E-state index in [0.717, 1.165) is 30.1 Å². The van der Waals surface area contributed by atoms with Crippen LogP contribution >= 0.6 is 0 Å². The number of hydrogen-bond donors (Lipinski definition) is 1. The Labute approximate surface area is 161 Å². The van der Waals surface area contributed by atoms with Crippen molar-refractivity contribution < 1.29 is 0 Å². The van der Waals surface area contributed by atoms with Crippen molar-refractivity contribution in [2.24, 2.45) is 40.4 Å². The van der Waals surface area contributed by atoms with Gasteiger partial charge in [0, 0.05) is 6.21 Å². The molecule has 1 heteroatoms. The SMILES string of the molecule is C=CCC(C=N)=CC1CC[C@@H]2[C@@H]3CC[C@@H]4CCCC[C@]4(C)[C@H]3CC[C@]12C. The second kappa shape index (κ2) is 6.95. The van der Waals surface area contributed by atoms with Crippen LogP contribution in [0.4, 0.5) is 0 Å². The third-order valence-electron chi connectivity index (χ3n) is 9.64. The summed E-state index contributed by atoms with van der Waals surface area (Å²) in [5, 5.41) is 7.76. The molecule has 1 N–H and O–H groups in total. The van der Waals surface area contributed by atoms with Crippen LogP contribution < -0.4 is 0 Å². The largest absolute Gasteiger partial charge is 0.308 e. The Morgan fingerprint density at radius 1 is 0.962 bits per heavy atom. The maximum atomic E-state index is 7.76. The average molecular weight is 354 g/mol. The Bertz CT molecular complexity index is 589. The van der Waals surface area contributed by atoms with E-state index in [1.807, 2.05) is 6.08 Å². The first-order valence-corrected chi connectivity index (χ1v) is 11.3. The molecule has 0 aromatic rings. The van der Waals surface area contributed by atoms with Crippen molar-refractivity contribution in [1.29, 1.82) is 5.41 Å². The van der Waals surface area contributed by atoms with E-state index in [-0.39, 0.29) is 0 Å². The Kier molecular flexibility index (Phi) is 4.95. The molecule has 144 valence electrons. The highest BCUT2D eigenvalue weighted by Crippen LogP contribution is 2.67. The summed E-state index contributed by atoms with van der Waals surface area (Å²) in [6, 6.07) is 0. The van der Waals surface area contributed by atoms with Crippen molar-refractivity contribution in [3.63, 3.8) is 0 Å². The number of allylic oxidation sites excluding steroid dienone is 3. The molecule has 7 atom stereocenters. The first-order chi connectivity index (χ1) is 12.5. The minimum atomic E-state index is 0.481. The van der Waals surface area contributed by atoms with Gasteiger partial charge in [0.25, 0.3) is 0 Å². The Balaban J connectivity index is 1.58. The monoisotopic (exact) mass is 353 g/mol. The molecule has 4 saturated carbocycles. The normalized spacial score (nSPS) is 48.2. The molecular weight excluding hydrogens is 314 g/mol. The fourth-order valence-corrected chi connectivity index (χ4v) is 8.21. The summed E-state index contributed by atoms with van der Waals surface area (Å²) < 4.78 is 0. The maximum Gasteiger partial charge on any atom is 0.0209 e. The molecule has 4 fully saturated rings. The van der Waals surface area contributed by atoms with E-state index in [9.17, 15) is 0 Å². The second-order valence-corrected chi connectivity index (χ2v) is 10.5. The number of nitrogens with one attached hydrogen (secondary N) is 1. The van der Waals surface area contributed by atoms with Crippen LogP contribution in [0.25, 0.3) is 0 Å². The van der Waals surface area contributed by atoms with Gasteiger partial charge in [0.05, 0.1) is 0 Å². The van der Waals surface area contributed by atoms with E-state index < -0.39 is 0 Å². The number of rotatable bonds is 4. The molecule has 0 spiro atoms. The van der Waals surface area contributed by atoms with Crippen LogP contribution in [0.15, 0.2) is 24.3 Å². The van der Waals surface area contributed by atoms with Crippen molar-refractivity contribution >= 4 is 6.21 Å². The highest BCUT2D eigenvalue weighted by Gasteiger charge is 2.59. The van der Waals surface area contributed by atoms with Gasteiger partial charge in [-0.25, -0.2) is 0 Å². The minimum absolute atomic E-state index is 0.481. The first-order valence-electron chi connectivity index (χ1n) is 11.3. The second-order valence-electron chi connectivity index (χ2n) is 10.5. The average Bonchev–Trinajstić information content (AvgIpc) is 2.97. The molecule has 0 amide bonds. The number of fused-ring (bicyclic) bond motifs is 5. The van der Waals surface area contributed by atoms with Gasteiger partial charge in [0.15, 0.2) is 0 Å². The lowest BCUT2D eigenvalue weighted by atomic mass is 9.45. The van der Waals surface area contributed by atoms with E-state index in [0.29, 0.717) is 16.7 Å². The minimum Gasteiger partial charge on any atom is -0.308 e. The smallest absolute Gasteiger partial charge is 0.0209 e. The van der Waals surface area contributed by atoms with Crippen LogP contribution in [0, 0.1) is 45.8 Å². The molecule has 0 aromatic heterocycles. The summed E-state index contributed by atoms with van der Waals surface area (Å²) in [4.78, 5) is 0. The van der Waals surface area contributed by atoms with Crippen LogP contribution in [0.1, 0.15) is 84.5 Å². The lowest BCUT2D eigenvalue weighted by Crippen LogP contribution is -2.52. The molecule has 0 aliphatic heterocycles. The fourth-order valence-electron chi connectivity index (χ4n) is 8.21. The predicted octanol–water partition coefficient (Wildman–Crippen LogP) is 7.19. The summed E-state index contributed by atoms with van der Waals surface area (Å²) >= 11 is 0. The molecule has 4 aliphatic carbocycles.